The van der Waals surface area contributed by atoms with Crippen molar-refractivity contribution in [1.82, 2.24) is 4.90 Å². The molecule has 0 bridgehead atoms. The molecule has 0 unspecified atom stereocenters. The molecule has 1 saturated heterocycles. The van der Waals surface area contributed by atoms with E-state index in [4.69, 9.17) is 4.74 Å². The van der Waals surface area contributed by atoms with Crippen molar-refractivity contribution in [2.45, 2.75) is 0 Å². The summed E-state index contributed by atoms with van der Waals surface area (Å²) in [4.78, 5) is 25.0. The van der Waals surface area contributed by atoms with Crippen LogP contribution in [-0.2, 0) is 4.79 Å². The van der Waals surface area contributed by atoms with Gasteiger partial charge in [0, 0.05) is 38.3 Å². The first-order valence-electron chi connectivity index (χ1n) is 6.03. The fourth-order valence-electron chi connectivity index (χ4n) is 2.16. The Balaban J connectivity index is 2.34. The number of hydrogen-bond donors (Lipinski definition) is 0. The van der Waals surface area contributed by atoms with Gasteiger partial charge in [-0.2, -0.15) is 0 Å². The summed E-state index contributed by atoms with van der Waals surface area (Å²) in [6.07, 6.45) is 0.800. The Morgan fingerprint density at radius 3 is 2.50 bits per heavy atom. The number of nitro benzene ring substituents is 1. The lowest BCUT2D eigenvalue weighted by molar-refractivity contribution is -0.384. The molecule has 1 aliphatic rings. The Bertz CT molecular complexity index is 530. The molecule has 0 N–H and O–H groups in total. The molecule has 7 nitrogen and oxygen atoms in total. The largest absolute Gasteiger partial charge is 0.495 e. The van der Waals surface area contributed by atoms with Gasteiger partial charge in [0.1, 0.15) is 11.4 Å². The molecule has 0 spiro atoms. The first-order valence-corrected chi connectivity index (χ1v) is 6.82. The van der Waals surface area contributed by atoms with Crippen molar-refractivity contribution in [1.29, 1.82) is 0 Å². The topological polar surface area (TPSA) is 75.9 Å². The average Bonchev–Trinajstić information content (AvgIpc) is 2.47. The maximum atomic E-state index is 11.2. The fraction of sp³-hybridized carbons (Fsp3) is 0.417. The van der Waals surface area contributed by atoms with Crippen molar-refractivity contribution in [2.24, 2.45) is 0 Å². The number of carbonyl (C=O) groups excluding carboxylic acids is 1. The number of nitrogens with zero attached hydrogens (tertiary/aromatic N) is 3. The number of benzene rings is 1. The van der Waals surface area contributed by atoms with E-state index in [1.165, 1.54) is 13.2 Å². The lowest BCUT2D eigenvalue weighted by Gasteiger charge is -2.33. The third-order valence-electron chi connectivity index (χ3n) is 3.25. The number of methoxy groups -OCH3 is 1. The molecule has 1 aromatic rings. The van der Waals surface area contributed by atoms with Gasteiger partial charge in [0.05, 0.1) is 16.5 Å². The standard InChI is InChI=1S/C12H14BrN3O4/c1-20-12-7-10(11(16(18)19)6-9(12)13)15-4-2-14(8-17)3-5-15/h6-8H,2-5H2,1H3. The third-order valence-corrected chi connectivity index (χ3v) is 3.87. The van der Waals surface area contributed by atoms with Gasteiger partial charge in [-0.1, -0.05) is 0 Å². The van der Waals surface area contributed by atoms with E-state index in [9.17, 15) is 14.9 Å². The van der Waals surface area contributed by atoms with Crippen LogP contribution in [-0.4, -0.2) is 49.5 Å². The minimum atomic E-state index is -0.411. The van der Waals surface area contributed by atoms with Crippen LogP contribution >= 0.6 is 15.9 Å². The number of carbonyl (C=O) groups is 1. The van der Waals surface area contributed by atoms with Gasteiger partial charge in [-0.3, -0.25) is 14.9 Å². The molecular weight excluding hydrogens is 330 g/mol. The molecule has 1 heterocycles. The number of rotatable bonds is 4. The third kappa shape index (κ3) is 2.84. The zero-order chi connectivity index (χ0) is 14.7. The van der Waals surface area contributed by atoms with Crippen molar-refractivity contribution >= 4 is 33.7 Å². The van der Waals surface area contributed by atoms with E-state index in [-0.39, 0.29) is 5.69 Å². The van der Waals surface area contributed by atoms with Crippen molar-refractivity contribution in [2.75, 3.05) is 38.2 Å². The maximum absolute atomic E-state index is 11.2. The summed E-state index contributed by atoms with van der Waals surface area (Å²) >= 11 is 3.25. The van der Waals surface area contributed by atoms with Crippen LogP contribution in [0.25, 0.3) is 0 Å². The molecule has 1 fully saturated rings. The number of halogens is 1. The molecule has 0 aromatic heterocycles. The number of nitro groups is 1. The Morgan fingerprint density at radius 1 is 1.35 bits per heavy atom. The molecule has 0 atom stereocenters. The molecule has 1 amide bonds. The minimum absolute atomic E-state index is 0.0252. The second kappa shape index (κ2) is 6.08. The summed E-state index contributed by atoms with van der Waals surface area (Å²) in [5.41, 5.74) is 0.540. The summed E-state index contributed by atoms with van der Waals surface area (Å²) in [7, 11) is 1.51. The number of ether oxygens (including phenoxy) is 1. The zero-order valence-electron chi connectivity index (χ0n) is 10.9. The van der Waals surface area contributed by atoms with Crippen molar-refractivity contribution in [3.05, 3.63) is 26.7 Å². The van der Waals surface area contributed by atoms with E-state index in [0.717, 1.165) is 6.41 Å². The molecule has 0 aliphatic carbocycles. The second-order valence-corrected chi connectivity index (χ2v) is 5.22. The van der Waals surface area contributed by atoms with E-state index >= 15 is 0 Å². The van der Waals surface area contributed by atoms with Gasteiger partial charge < -0.3 is 14.5 Å². The lowest BCUT2D eigenvalue weighted by atomic mass is 10.2. The van der Waals surface area contributed by atoms with E-state index < -0.39 is 4.92 Å². The Labute approximate surface area is 124 Å². The number of piperazine rings is 1. The van der Waals surface area contributed by atoms with E-state index in [1.807, 2.05) is 4.90 Å². The van der Waals surface area contributed by atoms with Gasteiger partial charge in [0.25, 0.3) is 5.69 Å². The quantitative estimate of drug-likeness (QED) is 0.472. The molecule has 1 aliphatic heterocycles. The SMILES string of the molecule is COc1cc(N2CCN(C=O)CC2)c([N+](=O)[O-])cc1Br. The Kier molecular flexibility index (Phi) is 4.43. The molecule has 0 radical (unpaired) electrons. The van der Waals surface area contributed by atoms with Gasteiger partial charge >= 0.3 is 0 Å². The fourth-order valence-corrected chi connectivity index (χ4v) is 2.65. The molecule has 0 saturated carbocycles. The van der Waals surface area contributed by atoms with Gasteiger partial charge in [-0.15, -0.1) is 0 Å². The maximum Gasteiger partial charge on any atom is 0.293 e. The normalized spacial score (nSPS) is 15.1. The Morgan fingerprint density at radius 2 is 2.00 bits per heavy atom. The van der Waals surface area contributed by atoms with Gasteiger partial charge in [0.2, 0.25) is 6.41 Å². The second-order valence-electron chi connectivity index (χ2n) is 4.36. The van der Waals surface area contributed by atoms with Crippen molar-refractivity contribution in [3.8, 4) is 5.75 Å². The molecule has 2 rings (SSSR count). The molecule has 8 heteroatoms. The van der Waals surface area contributed by atoms with E-state index in [1.54, 1.807) is 11.0 Å². The first-order chi connectivity index (χ1) is 9.56. The smallest absolute Gasteiger partial charge is 0.293 e. The first kappa shape index (κ1) is 14.6. The summed E-state index contributed by atoms with van der Waals surface area (Å²) in [5.74, 6) is 0.545. The highest BCUT2D eigenvalue weighted by Crippen LogP contribution is 2.38. The predicted octanol–water partition coefficient (Wildman–Crippen LogP) is 1.64. The summed E-state index contributed by atoms with van der Waals surface area (Å²) < 4.78 is 5.73. The van der Waals surface area contributed by atoms with E-state index in [2.05, 4.69) is 15.9 Å². The Hall–Kier alpha value is -1.83. The van der Waals surface area contributed by atoms with Crippen LogP contribution in [0.15, 0.2) is 16.6 Å². The van der Waals surface area contributed by atoms with Crippen molar-refractivity contribution < 1.29 is 14.5 Å². The summed E-state index contributed by atoms with van der Waals surface area (Å²) in [5, 5.41) is 11.2. The van der Waals surface area contributed by atoms with Crippen LogP contribution in [0.4, 0.5) is 11.4 Å². The average molecular weight is 344 g/mol. The number of amides is 1. The highest BCUT2D eigenvalue weighted by molar-refractivity contribution is 9.10. The van der Waals surface area contributed by atoms with Gasteiger partial charge in [-0.25, -0.2) is 0 Å². The van der Waals surface area contributed by atoms with Crippen LogP contribution in [0.5, 0.6) is 5.75 Å². The zero-order valence-corrected chi connectivity index (χ0v) is 12.5. The highest BCUT2D eigenvalue weighted by atomic mass is 79.9. The van der Waals surface area contributed by atoms with Crippen LogP contribution in [0.1, 0.15) is 0 Å². The van der Waals surface area contributed by atoms with Crippen LogP contribution < -0.4 is 9.64 Å². The minimum Gasteiger partial charge on any atom is -0.495 e. The summed E-state index contributed by atoms with van der Waals surface area (Å²) in [6.45, 7) is 2.23. The van der Waals surface area contributed by atoms with Gasteiger partial charge in [-0.05, 0) is 15.9 Å². The van der Waals surface area contributed by atoms with E-state index in [0.29, 0.717) is 42.1 Å². The van der Waals surface area contributed by atoms with Crippen LogP contribution in [0, 0.1) is 10.1 Å². The number of hydrogen-bond acceptors (Lipinski definition) is 5. The van der Waals surface area contributed by atoms with Crippen LogP contribution in [0.3, 0.4) is 0 Å². The monoisotopic (exact) mass is 343 g/mol. The predicted molar refractivity (Wildman–Crippen MR) is 77.2 cm³/mol. The molecule has 1 aromatic carbocycles. The molecule has 108 valence electrons. The molecular formula is C12H14BrN3O4. The molecule has 20 heavy (non-hydrogen) atoms. The highest BCUT2D eigenvalue weighted by Gasteiger charge is 2.25. The number of anilines is 1. The summed E-state index contributed by atoms with van der Waals surface area (Å²) in [6, 6.07) is 3.10. The lowest BCUT2D eigenvalue weighted by Crippen LogP contribution is -2.45. The van der Waals surface area contributed by atoms with Crippen molar-refractivity contribution in [3.63, 3.8) is 0 Å². The van der Waals surface area contributed by atoms with Crippen LogP contribution in [0.2, 0.25) is 0 Å². The van der Waals surface area contributed by atoms with Gasteiger partial charge in [0.15, 0.2) is 0 Å².